The second kappa shape index (κ2) is 3.53. The summed E-state index contributed by atoms with van der Waals surface area (Å²) in [7, 11) is 1.61. The van der Waals surface area contributed by atoms with E-state index in [1.165, 1.54) is 0 Å². The van der Waals surface area contributed by atoms with Crippen molar-refractivity contribution in [1.82, 2.24) is 0 Å². The standard InChI is InChI=1S/C13H20O4/c1-4-9-12(2,17-9)11-10(15-3)8(14)5-6-13(11)7-16-13/h9-11H,4-7H2,1-3H3/t9-,10-,11-,12+,13+/m1/s1. The fourth-order valence-electron chi connectivity index (χ4n) is 3.64. The molecule has 3 fully saturated rings. The lowest BCUT2D eigenvalue weighted by Gasteiger charge is -2.37. The Hall–Kier alpha value is -0.450. The van der Waals surface area contributed by atoms with Gasteiger partial charge < -0.3 is 14.2 Å². The molecule has 0 aromatic heterocycles. The second-order valence-corrected chi connectivity index (χ2v) is 5.65. The second-order valence-electron chi connectivity index (χ2n) is 5.65. The third kappa shape index (κ3) is 1.51. The quantitative estimate of drug-likeness (QED) is 0.698. The molecule has 3 aliphatic rings. The molecule has 0 bridgehead atoms. The van der Waals surface area contributed by atoms with Crippen LogP contribution in [0.2, 0.25) is 0 Å². The Morgan fingerprint density at radius 2 is 2.24 bits per heavy atom. The number of hydrogen-bond donors (Lipinski definition) is 0. The average Bonchev–Trinajstić information content (AvgIpc) is 3.21. The van der Waals surface area contributed by atoms with Crippen LogP contribution in [-0.4, -0.2) is 42.9 Å². The minimum Gasteiger partial charge on any atom is -0.373 e. The Balaban J connectivity index is 1.90. The van der Waals surface area contributed by atoms with Crippen LogP contribution in [0.25, 0.3) is 0 Å². The Labute approximate surface area is 102 Å². The Bertz CT molecular complexity index is 349. The zero-order chi connectivity index (χ0) is 12.3. The summed E-state index contributed by atoms with van der Waals surface area (Å²) in [6.45, 7) is 4.96. The fraction of sp³-hybridized carbons (Fsp3) is 0.923. The molecule has 17 heavy (non-hydrogen) atoms. The molecule has 2 saturated heterocycles. The van der Waals surface area contributed by atoms with Crippen LogP contribution in [0.4, 0.5) is 0 Å². The molecule has 0 aromatic rings. The molecule has 1 saturated carbocycles. The van der Waals surface area contributed by atoms with Crippen molar-refractivity contribution in [2.75, 3.05) is 13.7 Å². The van der Waals surface area contributed by atoms with Crippen LogP contribution in [0.1, 0.15) is 33.1 Å². The highest BCUT2D eigenvalue weighted by molar-refractivity contribution is 5.85. The van der Waals surface area contributed by atoms with Gasteiger partial charge in [-0.25, -0.2) is 0 Å². The van der Waals surface area contributed by atoms with Gasteiger partial charge in [0, 0.05) is 13.5 Å². The summed E-state index contributed by atoms with van der Waals surface area (Å²) >= 11 is 0. The first-order chi connectivity index (χ1) is 8.07. The topological polar surface area (TPSA) is 51.4 Å². The zero-order valence-corrected chi connectivity index (χ0v) is 10.7. The van der Waals surface area contributed by atoms with E-state index in [1.807, 2.05) is 0 Å². The first kappa shape index (κ1) is 11.6. The monoisotopic (exact) mass is 240 g/mol. The molecule has 3 rings (SSSR count). The summed E-state index contributed by atoms with van der Waals surface area (Å²) in [5, 5.41) is 0. The molecular formula is C13H20O4. The zero-order valence-electron chi connectivity index (χ0n) is 10.7. The van der Waals surface area contributed by atoms with Gasteiger partial charge in [-0.1, -0.05) is 6.92 Å². The molecule has 2 aliphatic heterocycles. The maximum atomic E-state index is 12.0. The molecule has 5 atom stereocenters. The predicted molar refractivity (Wildman–Crippen MR) is 60.8 cm³/mol. The Morgan fingerprint density at radius 3 is 2.71 bits per heavy atom. The van der Waals surface area contributed by atoms with Crippen molar-refractivity contribution in [3.8, 4) is 0 Å². The number of carbonyl (C=O) groups excluding carboxylic acids is 1. The lowest BCUT2D eigenvalue weighted by atomic mass is 9.69. The van der Waals surface area contributed by atoms with Crippen LogP contribution in [0, 0.1) is 5.92 Å². The van der Waals surface area contributed by atoms with Gasteiger partial charge in [0.05, 0.1) is 18.6 Å². The van der Waals surface area contributed by atoms with E-state index in [2.05, 4.69) is 13.8 Å². The molecule has 0 N–H and O–H groups in total. The summed E-state index contributed by atoms with van der Waals surface area (Å²) in [6, 6.07) is 0. The van der Waals surface area contributed by atoms with E-state index in [1.54, 1.807) is 7.11 Å². The smallest absolute Gasteiger partial charge is 0.162 e. The van der Waals surface area contributed by atoms with Crippen LogP contribution < -0.4 is 0 Å². The lowest BCUT2D eigenvalue weighted by Crippen LogP contribution is -2.52. The largest absolute Gasteiger partial charge is 0.373 e. The molecule has 96 valence electrons. The van der Waals surface area contributed by atoms with Crippen molar-refractivity contribution < 1.29 is 19.0 Å². The van der Waals surface area contributed by atoms with Gasteiger partial charge in [-0.3, -0.25) is 4.79 Å². The number of rotatable bonds is 3. The van der Waals surface area contributed by atoms with Gasteiger partial charge in [0.2, 0.25) is 0 Å². The van der Waals surface area contributed by atoms with Crippen molar-refractivity contribution in [2.45, 2.75) is 56.5 Å². The van der Waals surface area contributed by atoms with Crippen molar-refractivity contribution >= 4 is 5.78 Å². The molecule has 4 nitrogen and oxygen atoms in total. The lowest BCUT2D eigenvalue weighted by molar-refractivity contribution is -0.142. The molecule has 1 aliphatic carbocycles. The summed E-state index contributed by atoms with van der Waals surface area (Å²) < 4.78 is 17.0. The summed E-state index contributed by atoms with van der Waals surface area (Å²) in [6.07, 6.45) is 2.27. The SMILES string of the molecule is CC[C@H]1O[C@]1(C)[C@H]1[C@H](OC)C(=O)CC[C@]12CO2. The summed E-state index contributed by atoms with van der Waals surface area (Å²) in [5.74, 6) is 0.261. The average molecular weight is 240 g/mol. The molecule has 2 heterocycles. The van der Waals surface area contributed by atoms with Crippen molar-refractivity contribution in [1.29, 1.82) is 0 Å². The molecule has 4 heteroatoms. The number of ether oxygens (including phenoxy) is 3. The van der Waals surface area contributed by atoms with E-state index in [-0.39, 0.29) is 35.1 Å². The molecule has 1 spiro atoms. The predicted octanol–water partition coefficient (Wildman–Crippen LogP) is 1.32. The molecule has 0 aromatic carbocycles. The third-order valence-corrected chi connectivity index (χ3v) is 4.72. The third-order valence-electron chi connectivity index (χ3n) is 4.72. The number of ketones is 1. The Kier molecular flexibility index (Phi) is 2.41. The highest BCUT2D eigenvalue weighted by Gasteiger charge is 2.71. The van der Waals surface area contributed by atoms with E-state index < -0.39 is 0 Å². The van der Waals surface area contributed by atoms with Crippen LogP contribution in [0.15, 0.2) is 0 Å². The number of methoxy groups -OCH3 is 1. The highest BCUT2D eigenvalue weighted by atomic mass is 16.6. The van der Waals surface area contributed by atoms with Gasteiger partial charge >= 0.3 is 0 Å². The first-order valence-electron chi connectivity index (χ1n) is 6.44. The van der Waals surface area contributed by atoms with Crippen molar-refractivity contribution in [2.24, 2.45) is 5.92 Å². The number of Topliss-reactive ketones (excluding diaryl/α,β-unsaturated/α-hetero) is 1. The van der Waals surface area contributed by atoms with Gasteiger partial charge in [0.1, 0.15) is 17.3 Å². The van der Waals surface area contributed by atoms with Crippen molar-refractivity contribution in [3.05, 3.63) is 0 Å². The van der Waals surface area contributed by atoms with E-state index in [0.29, 0.717) is 6.42 Å². The molecule has 0 radical (unpaired) electrons. The van der Waals surface area contributed by atoms with Crippen LogP contribution in [0.5, 0.6) is 0 Å². The van der Waals surface area contributed by atoms with Crippen molar-refractivity contribution in [3.63, 3.8) is 0 Å². The number of epoxide rings is 2. The molecular weight excluding hydrogens is 220 g/mol. The van der Waals surface area contributed by atoms with Crippen LogP contribution >= 0.6 is 0 Å². The van der Waals surface area contributed by atoms with Crippen LogP contribution in [-0.2, 0) is 19.0 Å². The Morgan fingerprint density at radius 1 is 1.53 bits per heavy atom. The van der Waals surface area contributed by atoms with Gasteiger partial charge in [0.15, 0.2) is 5.78 Å². The molecule has 0 amide bonds. The van der Waals surface area contributed by atoms with Crippen LogP contribution in [0.3, 0.4) is 0 Å². The minimum atomic E-state index is -0.354. The van der Waals surface area contributed by atoms with Gasteiger partial charge in [-0.15, -0.1) is 0 Å². The molecule has 0 unspecified atom stereocenters. The van der Waals surface area contributed by atoms with E-state index in [9.17, 15) is 4.79 Å². The normalized spacial score (nSPS) is 52.9. The van der Waals surface area contributed by atoms with Gasteiger partial charge in [0.25, 0.3) is 0 Å². The maximum Gasteiger partial charge on any atom is 0.162 e. The summed E-state index contributed by atoms with van der Waals surface area (Å²) in [5.41, 5.74) is -0.380. The maximum absolute atomic E-state index is 12.0. The van der Waals surface area contributed by atoms with E-state index >= 15 is 0 Å². The van der Waals surface area contributed by atoms with Gasteiger partial charge in [-0.2, -0.15) is 0 Å². The number of carbonyl (C=O) groups is 1. The van der Waals surface area contributed by atoms with E-state index in [4.69, 9.17) is 14.2 Å². The minimum absolute atomic E-state index is 0.0613. The van der Waals surface area contributed by atoms with Gasteiger partial charge in [-0.05, 0) is 19.8 Å². The highest BCUT2D eigenvalue weighted by Crippen LogP contribution is 2.58. The van der Waals surface area contributed by atoms with E-state index in [0.717, 1.165) is 19.4 Å². The number of hydrogen-bond acceptors (Lipinski definition) is 4. The fourth-order valence-corrected chi connectivity index (χ4v) is 3.64. The summed E-state index contributed by atoms with van der Waals surface area (Å²) in [4.78, 5) is 12.0. The first-order valence-corrected chi connectivity index (χ1v) is 6.44.